The van der Waals surface area contributed by atoms with Gasteiger partial charge in [0.1, 0.15) is 0 Å². The van der Waals surface area contributed by atoms with E-state index in [1.165, 1.54) is 100 Å². The van der Waals surface area contributed by atoms with Crippen molar-refractivity contribution < 1.29 is 0 Å². The molecule has 0 aliphatic heterocycles. The SMILES string of the molecule is C=CC1=CC=C(C2(c3ccc(C(C)(C)C)cc3)c3ccccc3-c3ccc(N(c4ccc(-c5ccccc5)cc4)c4ccc(-c5ccc(N(c6ccc(-c7ccccc7)cc6)c6ccc7c(c6)C(c6ccc(C=C)cc6)(c6ccc(C(C)(C)C)cc6)c6ccccc6-7)c6ccccc56)c5ccccc45)cc32)CC1. The molecule has 15 aromatic carbocycles. The first kappa shape index (κ1) is 67.3. The van der Waals surface area contributed by atoms with Gasteiger partial charge in [-0.25, -0.2) is 0 Å². The lowest BCUT2D eigenvalue weighted by molar-refractivity contribution is 0.588. The summed E-state index contributed by atoms with van der Waals surface area (Å²) in [5.74, 6) is 0. The quantitative estimate of drug-likeness (QED) is 0.101. The van der Waals surface area contributed by atoms with Gasteiger partial charge in [0.15, 0.2) is 0 Å². The summed E-state index contributed by atoms with van der Waals surface area (Å²) in [6, 6.07) is 128. The Balaban J connectivity index is 0.823. The Bertz CT molecular complexity index is 6060. The van der Waals surface area contributed by atoms with Crippen LogP contribution in [0.4, 0.5) is 34.1 Å². The van der Waals surface area contributed by atoms with Crippen LogP contribution in [0.3, 0.4) is 0 Å². The lowest BCUT2D eigenvalue weighted by atomic mass is 9.64. The highest BCUT2D eigenvalue weighted by Crippen LogP contribution is 2.61. The Morgan fingerprint density at radius 1 is 0.287 bits per heavy atom. The maximum atomic E-state index is 4.23. The molecule has 0 bridgehead atoms. The molecule has 2 unspecified atom stereocenters. The first-order valence-electron chi connectivity index (χ1n) is 38.1. The molecule has 0 saturated carbocycles. The van der Waals surface area contributed by atoms with E-state index in [1.807, 2.05) is 12.2 Å². The van der Waals surface area contributed by atoms with E-state index < -0.39 is 10.8 Å². The monoisotopic (exact) mass is 1390 g/mol. The fraction of sp³-hybridized carbons (Fsp3) is 0.113. The molecule has 0 fully saturated rings. The van der Waals surface area contributed by atoms with Crippen molar-refractivity contribution >= 4 is 61.7 Å². The molecule has 108 heavy (non-hydrogen) atoms. The van der Waals surface area contributed by atoms with Gasteiger partial charge in [-0.1, -0.05) is 364 Å². The van der Waals surface area contributed by atoms with Crippen LogP contribution in [0.2, 0.25) is 0 Å². The van der Waals surface area contributed by atoms with Gasteiger partial charge in [-0.15, -0.1) is 0 Å². The van der Waals surface area contributed by atoms with Gasteiger partial charge in [0.2, 0.25) is 0 Å². The number of allylic oxidation sites excluding steroid dienone is 5. The van der Waals surface area contributed by atoms with E-state index in [2.05, 4.69) is 416 Å². The van der Waals surface area contributed by atoms with Crippen molar-refractivity contribution in [1.82, 2.24) is 0 Å². The molecule has 0 radical (unpaired) electrons. The van der Waals surface area contributed by atoms with Crippen LogP contribution in [0.25, 0.3) is 83.3 Å². The third-order valence-electron chi connectivity index (χ3n) is 23.5. The molecule has 2 atom stereocenters. The molecule has 0 heterocycles. The van der Waals surface area contributed by atoms with Crippen LogP contribution in [0.15, 0.2) is 382 Å². The van der Waals surface area contributed by atoms with Gasteiger partial charge < -0.3 is 9.80 Å². The van der Waals surface area contributed by atoms with Crippen LogP contribution in [-0.4, -0.2) is 0 Å². The lowest BCUT2D eigenvalue weighted by Gasteiger charge is -2.38. The summed E-state index contributed by atoms with van der Waals surface area (Å²) in [6.07, 6.45) is 10.5. The van der Waals surface area contributed by atoms with Crippen LogP contribution < -0.4 is 9.80 Å². The second-order valence-electron chi connectivity index (χ2n) is 31.5. The molecule has 2 nitrogen and oxygen atoms in total. The molecule has 2 heteroatoms. The Hall–Kier alpha value is -12.6. The predicted octanol–water partition coefficient (Wildman–Crippen LogP) is 28.7. The largest absolute Gasteiger partial charge is 0.310 e. The number of nitrogens with zero attached hydrogens (tertiary/aromatic N) is 2. The molecule has 0 amide bonds. The van der Waals surface area contributed by atoms with Gasteiger partial charge >= 0.3 is 0 Å². The van der Waals surface area contributed by atoms with Crippen molar-refractivity contribution in [3.05, 3.63) is 438 Å². The topological polar surface area (TPSA) is 6.48 Å². The summed E-state index contributed by atoms with van der Waals surface area (Å²) >= 11 is 0. The summed E-state index contributed by atoms with van der Waals surface area (Å²) in [5, 5.41) is 4.61. The van der Waals surface area contributed by atoms with Crippen LogP contribution in [-0.2, 0) is 21.7 Å². The molecule has 0 N–H and O–H groups in total. The Morgan fingerprint density at radius 3 is 1.07 bits per heavy atom. The zero-order valence-corrected chi connectivity index (χ0v) is 62.4. The summed E-state index contributed by atoms with van der Waals surface area (Å²) in [6.45, 7) is 22.2. The average molecular weight is 1390 g/mol. The van der Waals surface area contributed by atoms with Crippen molar-refractivity contribution in [2.24, 2.45) is 0 Å². The van der Waals surface area contributed by atoms with Gasteiger partial charge in [-0.2, -0.15) is 0 Å². The van der Waals surface area contributed by atoms with Gasteiger partial charge in [-0.3, -0.25) is 0 Å². The number of benzene rings is 15. The molecular weight excluding hydrogens is 1300 g/mol. The summed E-state index contributed by atoms with van der Waals surface area (Å²) in [7, 11) is 0. The highest BCUT2D eigenvalue weighted by molar-refractivity contribution is 6.13. The minimum Gasteiger partial charge on any atom is -0.310 e. The second kappa shape index (κ2) is 26.8. The van der Waals surface area contributed by atoms with Crippen LogP contribution in [0, 0.1) is 0 Å². The van der Waals surface area contributed by atoms with Gasteiger partial charge in [0.05, 0.1) is 22.2 Å². The van der Waals surface area contributed by atoms with E-state index in [0.29, 0.717) is 0 Å². The Labute approximate surface area is 637 Å². The third kappa shape index (κ3) is 11.1. The molecule has 18 rings (SSSR count). The van der Waals surface area contributed by atoms with Gasteiger partial charge in [0, 0.05) is 33.5 Å². The molecule has 15 aromatic rings. The molecule has 0 aromatic heterocycles. The van der Waals surface area contributed by atoms with Crippen LogP contribution in [0.1, 0.15) is 110 Å². The second-order valence-corrected chi connectivity index (χ2v) is 31.5. The molecular formula is C106H86N2. The Kier molecular flexibility index (Phi) is 16.7. The summed E-state index contributed by atoms with van der Waals surface area (Å²) in [4.78, 5) is 5.02. The van der Waals surface area contributed by atoms with Crippen molar-refractivity contribution in [2.45, 2.75) is 76.0 Å². The maximum absolute atomic E-state index is 4.23. The van der Waals surface area contributed by atoms with Gasteiger partial charge in [0.25, 0.3) is 0 Å². The molecule has 0 spiro atoms. The van der Waals surface area contributed by atoms with Gasteiger partial charge in [-0.05, 0) is 212 Å². The van der Waals surface area contributed by atoms with Crippen molar-refractivity contribution in [3.8, 4) is 55.6 Å². The van der Waals surface area contributed by atoms with E-state index in [4.69, 9.17) is 0 Å². The number of fused-ring (bicyclic) bond motifs is 8. The first-order chi connectivity index (χ1) is 52.7. The standard InChI is InChI=1S/C106H86N2/c1-9-71-37-45-79(46-38-71)105(81-53-49-77(50-54-81)103(3,4)5)97-35-23-21-31-91(97)93-63-61-85(69-99(93)105)107(83-57-41-75(42-58-83)73-25-13-11-14-26-73)101-67-65-89(87-29-17-19-33-95(87)101)90-66-68-102(96-34-20-18-30-88(90)96)108(84-59-43-76(44-60-84)74-27-15-12-16-28-74)86-62-64-94-92-32-22-24-36-98(92)106(100(94)70-86,80-47-39-72(10-2)40-48-80)82-55-51-78(52-56-82)104(6,7)8/h9-39,41-47,49-70H,1-2,40,48H2,3-8H3. The Morgan fingerprint density at radius 2 is 0.648 bits per heavy atom. The summed E-state index contributed by atoms with van der Waals surface area (Å²) in [5.41, 5.74) is 32.4. The van der Waals surface area contributed by atoms with Crippen LogP contribution >= 0.6 is 0 Å². The highest BCUT2D eigenvalue weighted by atomic mass is 15.2. The van der Waals surface area contributed by atoms with E-state index >= 15 is 0 Å². The number of anilines is 6. The minimum absolute atomic E-state index is 0.00677. The average Bonchev–Trinajstić information content (AvgIpc) is 1.54. The lowest BCUT2D eigenvalue weighted by Crippen LogP contribution is -2.31. The molecule has 0 saturated heterocycles. The zero-order chi connectivity index (χ0) is 73.5. The van der Waals surface area contributed by atoms with E-state index in [1.54, 1.807) is 0 Å². The maximum Gasteiger partial charge on any atom is 0.0714 e. The smallest absolute Gasteiger partial charge is 0.0714 e. The fourth-order valence-corrected chi connectivity index (χ4v) is 18.0. The number of hydrogen-bond donors (Lipinski definition) is 0. The first-order valence-corrected chi connectivity index (χ1v) is 38.1. The third-order valence-corrected chi connectivity index (χ3v) is 23.5. The molecule has 3 aliphatic rings. The molecule has 3 aliphatic carbocycles. The van der Waals surface area contributed by atoms with E-state index in [-0.39, 0.29) is 10.8 Å². The van der Waals surface area contributed by atoms with Crippen molar-refractivity contribution in [1.29, 1.82) is 0 Å². The number of rotatable bonds is 15. The van der Waals surface area contributed by atoms with Crippen molar-refractivity contribution in [2.75, 3.05) is 9.80 Å². The normalized spacial score (nSPS) is 15.7. The predicted molar refractivity (Wildman–Crippen MR) is 459 cm³/mol. The van der Waals surface area contributed by atoms with Crippen molar-refractivity contribution in [3.63, 3.8) is 0 Å². The molecule has 520 valence electrons. The van der Waals surface area contributed by atoms with E-state index in [9.17, 15) is 0 Å². The fourth-order valence-electron chi connectivity index (χ4n) is 18.0. The minimum atomic E-state index is -0.655. The highest BCUT2D eigenvalue weighted by Gasteiger charge is 2.49. The zero-order valence-electron chi connectivity index (χ0n) is 62.4. The van der Waals surface area contributed by atoms with E-state index in [0.717, 1.165) is 90.8 Å². The number of hydrogen-bond acceptors (Lipinski definition) is 2. The van der Waals surface area contributed by atoms with Crippen LogP contribution in [0.5, 0.6) is 0 Å². The summed E-state index contributed by atoms with van der Waals surface area (Å²) < 4.78 is 0.